The van der Waals surface area contributed by atoms with E-state index in [9.17, 15) is 10.2 Å². The molecule has 0 spiro atoms. The quantitative estimate of drug-likeness (QED) is 0.708. The molecule has 0 unspecified atom stereocenters. The molecule has 0 aliphatic carbocycles. The highest BCUT2D eigenvalue weighted by atomic mass is 79.9. The molecule has 2 aromatic carbocycles. The maximum Gasteiger partial charge on any atom is 0.178 e. The second-order valence-electron chi connectivity index (χ2n) is 5.68. The van der Waals surface area contributed by atoms with E-state index in [-0.39, 0.29) is 21.5 Å². The molecule has 122 valence electrons. The zero-order valence-electron chi connectivity index (χ0n) is 12.3. The molecule has 0 saturated heterocycles. The largest absolute Gasteiger partial charge is 0.503 e. The van der Waals surface area contributed by atoms with E-state index < -0.39 is 0 Å². The molecule has 0 saturated carbocycles. The van der Waals surface area contributed by atoms with Crippen LogP contribution in [0.4, 0.5) is 0 Å². The normalized spacial score (nSPS) is 14.7. The van der Waals surface area contributed by atoms with Gasteiger partial charge in [0.05, 0.1) is 10.0 Å². The molecular formula is C17H16BrCl2NO2. The van der Waals surface area contributed by atoms with Gasteiger partial charge in [-0.05, 0) is 41.7 Å². The third-order valence-corrected chi connectivity index (χ3v) is 5.57. The lowest BCUT2D eigenvalue weighted by atomic mass is 9.98. The first kappa shape index (κ1) is 16.9. The molecule has 2 N–H and O–H groups in total. The van der Waals surface area contributed by atoms with Crippen molar-refractivity contribution < 1.29 is 10.2 Å². The number of phenolic OH excluding ortho intramolecular Hbond substituents is 2. The van der Waals surface area contributed by atoms with Crippen LogP contribution < -0.4 is 0 Å². The minimum absolute atomic E-state index is 0.204. The fourth-order valence-corrected chi connectivity index (χ4v) is 3.71. The highest BCUT2D eigenvalue weighted by Gasteiger charge is 2.26. The highest BCUT2D eigenvalue weighted by molar-refractivity contribution is 9.10. The second-order valence-corrected chi connectivity index (χ2v) is 7.36. The molecule has 0 radical (unpaired) electrons. The summed E-state index contributed by atoms with van der Waals surface area (Å²) < 4.78 is 1.07. The number of phenols is 2. The van der Waals surface area contributed by atoms with Crippen LogP contribution in [0.15, 0.2) is 28.7 Å². The summed E-state index contributed by atoms with van der Waals surface area (Å²) in [7, 11) is 0. The Morgan fingerprint density at radius 3 is 2.26 bits per heavy atom. The standard InChI is InChI=1S/C17H16BrCl2NO2/c18-11-3-1-10(2-4-11)5-7-21-8-6-12-13(9-21)15(20)17(23)16(22)14(12)19/h1-4,22-23H,5-9H2. The van der Waals surface area contributed by atoms with E-state index in [2.05, 4.69) is 33.0 Å². The summed E-state index contributed by atoms with van der Waals surface area (Å²) in [6, 6.07) is 8.29. The van der Waals surface area contributed by atoms with Gasteiger partial charge in [0.15, 0.2) is 11.5 Å². The highest BCUT2D eigenvalue weighted by Crippen LogP contribution is 2.46. The average molecular weight is 417 g/mol. The summed E-state index contributed by atoms with van der Waals surface area (Å²) in [5.41, 5.74) is 2.93. The Balaban J connectivity index is 1.74. The summed E-state index contributed by atoms with van der Waals surface area (Å²) in [6.45, 7) is 2.37. The lowest BCUT2D eigenvalue weighted by Crippen LogP contribution is -2.32. The SMILES string of the molecule is Oc1c(O)c(Cl)c2c(c1Cl)CCN(CCc1ccc(Br)cc1)C2. The van der Waals surface area contributed by atoms with Gasteiger partial charge in [0.1, 0.15) is 0 Å². The van der Waals surface area contributed by atoms with Gasteiger partial charge >= 0.3 is 0 Å². The lowest BCUT2D eigenvalue weighted by Gasteiger charge is -2.30. The van der Waals surface area contributed by atoms with Gasteiger partial charge in [0.25, 0.3) is 0 Å². The van der Waals surface area contributed by atoms with Crippen molar-refractivity contribution >= 4 is 39.1 Å². The first-order valence-corrected chi connectivity index (χ1v) is 8.89. The summed E-state index contributed by atoms with van der Waals surface area (Å²) in [5.74, 6) is -0.649. The number of halogens is 3. The molecular weight excluding hydrogens is 401 g/mol. The van der Waals surface area contributed by atoms with Crippen LogP contribution in [0.1, 0.15) is 16.7 Å². The van der Waals surface area contributed by atoms with Crippen LogP contribution in [0.3, 0.4) is 0 Å². The van der Waals surface area contributed by atoms with Crippen molar-refractivity contribution in [1.82, 2.24) is 4.90 Å². The lowest BCUT2D eigenvalue weighted by molar-refractivity contribution is 0.256. The van der Waals surface area contributed by atoms with Gasteiger partial charge in [-0.25, -0.2) is 0 Å². The smallest absolute Gasteiger partial charge is 0.178 e. The monoisotopic (exact) mass is 415 g/mol. The zero-order chi connectivity index (χ0) is 16.6. The number of hydrogen-bond donors (Lipinski definition) is 2. The fourth-order valence-electron chi connectivity index (χ4n) is 2.89. The van der Waals surface area contributed by atoms with E-state index in [1.807, 2.05) is 12.1 Å². The first-order valence-electron chi connectivity index (χ1n) is 7.34. The molecule has 3 rings (SSSR count). The van der Waals surface area contributed by atoms with Crippen molar-refractivity contribution in [3.05, 3.63) is 55.5 Å². The van der Waals surface area contributed by atoms with E-state index in [0.29, 0.717) is 13.0 Å². The Morgan fingerprint density at radius 1 is 1.00 bits per heavy atom. The van der Waals surface area contributed by atoms with E-state index in [4.69, 9.17) is 23.2 Å². The molecule has 1 aliphatic heterocycles. The van der Waals surface area contributed by atoms with Gasteiger partial charge in [-0.2, -0.15) is 0 Å². The molecule has 1 heterocycles. The Hall–Kier alpha value is -0.940. The zero-order valence-corrected chi connectivity index (χ0v) is 15.4. The number of hydrogen-bond acceptors (Lipinski definition) is 3. The van der Waals surface area contributed by atoms with Crippen LogP contribution in [-0.4, -0.2) is 28.2 Å². The average Bonchev–Trinajstić information content (AvgIpc) is 2.57. The summed E-state index contributed by atoms with van der Waals surface area (Å²) in [5, 5.41) is 20.1. The summed E-state index contributed by atoms with van der Waals surface area (Å²) in [6.07, 6.45) is 1.65. The predicted octanol–water partition coefficient (Wildman–Crippen LogP) is 4.77. The molecule has 23 heavy (non-hydrogen) atoms. The number of rotatable bonds is 3. The molecule has 0 aromatic heterocycles. The number of nitrogens with zero attached hydrogens (tertiary/aromatic N) is 1. The van der Waals surface area contributed by atoms with Crippen LogP contribution in [0, 0.1) is 0 Å². The maximum absolute atomic E-state index is 9.87. The molecule has 0 atom stereocenters. The third-order valence-electron chi connectivity index (χ3n) is 4.22. The summed E-state index contributed by atoms with van der Waals surface area (Å²) >= 11 is 15.8. The molecule has 0 fully saturated rings. The molecule has 0 bridgehead atoms. The predicted molar refractivity (Wildman–Crippen MR) is 96.6 cm³/mol. The van der Waals surface area contributed by atoms with Gasteiger partial charge in [-0.15, -0.1) is 0 Å². The fraction of sp³-hybridized carbons (Fsp3) is 0.294. The van der Waals surface area contributed by atoms with Gasteiger partial charge < -0.3 is 10.2 Å². The number of benzene rings is 2. The topological polar surface area (TPSA) is 43.7 Å². The Kier molecular flexibility index (Phi) is 5.07. The van der Waals surface area contributed by atoms with Gasteiger partial charge in [-0.3, -0.25) is 4.90 Å². The second kappa shape index (κ2) is 6.89. The molecule has 0 amide bonds. The van der Waals surface area contributed by atoms with Crippen molar-refractivity contribution in [1.29, 1.82) is 0 Å². The third kappa shape index (κ3) is 3.45. The van der Waals surface area contributed by atoms with Crippen LogP contribution >= 0.6 is 39.1 Å². The van der Waals surface area contributed by atoms with Crippen molar-refractivity contribution in [2.24, 2.45) is 0 Å². The van der Waals surface area contributed by atoms with Gasteiger partial charge in [0, 0.05) is 24.1 Å². The molecule has 1 aliphatic rings. The Morgan fingerprint density at radius 2 is 1.61 bits per heavy atom. The van der Waals surface area contributed by atoms with Crippen molar-refractivity contribution in [2.75, 3.05) is 13.1 Å². The van der Waals surface area contributed by atoms with Gasteiger partial charge in [-0.1, -0.05) is 51.3 Å². The van der Waals surface area contributed by atoms with Gasteiger partial charge in [0.2, 0.25) is 0 Å². The van der Waals surface area contributed by atoms with Crippen LogP contribution in [0.25, 0.3) is 0 Å². The number of fused-ring (bicyclic) bond motifs is 1. The number of aromatic hydroxyl groups is 2. The molecule has 6 heteroatoms. The maximum atomic E-state index is 9.87. The van der Waals surface area contributed by atoms with Crippen molar-refractivity contribution in [3.63, 3.8) is 0 Å². The van der Waals surface area contributed by atoms with Crippen LogP contribution in [0.5, 0.6) is 11.5 Å². The van der Waals surface area contributed by atoms with E-state index in [1.165, 1.54) is 5.56 Å². The van der Waals surface area contributed by atoms with Crippen LogP contribution in [0.2, 0.25) is 10.0 Å². The van der Waals surface area contributed by atoms with Crippen LogP contribution in [-0.2, 0) is 19.4 Å². The van der Waals surface area contributed by atoms with E-state index in [1.54, 1.807) is 0 Å². The minimum Gasteiger partial charge on any atom is -0.503 e. The summed E-state index contributed by atoms with van der Waals surface area (Å²) in [4.78, 5) is 2.28. The van der Waals surface area contributed by atoms with Crippen molar-refractivity contribution in [3.8, 4) is 11.5 Å². The molecule has 2 aromatic rings. The van der Waals surface area contributed by atoms with Crippen molar-refractivity contribution in [2.45, 2.75) is 19.4 Å². The van der Waals surface area contributed by atoms with E-state index in [0.717, 1.165) is 35.1 Å². The first-order chi connectivity index (χ1) is 11.0. The Labute approximate surface area is 153 Å². The molecule has 3 nitrogen and oxygen atoms in total. The minimum atomic E-state index is -0.329. The van der Waals surface area contributed by atoms with E-state index >= 15 is 0 Å². The Bertz CT molecular complexity index is 735.